The smallest absolute Gasteiger partial charge is 0.155 e. The Kier molecular flexibility index (Phi) is 3.39. The molecule has 2 aromatic heterocycles. The van der Waals surface area contributed by atoms with Crippen molar-refractivity contribution in [3.8, 4) is 17.2 Å². The van der Waals surface area contributed by atoms with Crippen molar-refractivity contribution in [2.45, 2.75) is 0 Å². The van der Waals surface area contributed by atoms with Crippen molar-refractivity contribution < 1.29 is 14.4 Å². The molecule has 2 heterocycles. The normalized spacial score (nSPS) is 12.0. The van der Waals surface area contributed by atoms with Gasteiger partial charge in [-0.2, -0.15) is 0 Å². The lowest BCUT2D eigenvalue weighted by Gasteiger charge is -2.06. The number of rotatable bonds is 2. The Morgan fingerprint density at radius 3 is 2.75 bits per heavy atom. The summed E-state index contributed by atoms with van der Waals surface area (Å²) in [7, 11) is 1.64. The Morgan fingerprint density at radius 2 is 1.92 bits per heavy atom. The number of aromatic nitrogens is 1. The predicted molar refractivity (Wildman–Crippen MR) is 90.9 cm³/mol. The van der Waals surface area contributed by atoms with Crippen molar-refractivity contribution in [1.29, 1.82) is 0 Å². The topological polar surface area (TPSA) is 67.8 Å². The van der Waals surface area contributed by atoms with Gasteiger partial charge in [0.25, 0.3) is 0 Å². The lowest BCUT2D eigenvalue weighted by Crippen LogP contribution is -2.03. The summed E-state index contributed by atoms with van der Waals surface area (Å²) in [6, 6.07) is 16.8. The quantitative estimate of drug-likeness (QED) is 0.449. The van der Waals surface area contributed by atoms with Crippen LogP contribution < -0.4 is 10.1 Å². The third-order valence-electron chi connectivity index (χ3n) is 3.94. The Hall–Kier alpha value is -3.34. The van der Waals surface area contributed by atoms with Gasteiger partial charge in [0.1, 0.15) is 22.4 Å². The Morgan fingerprint density at radius 1 is 1.04 bits per heavy atom. The molecule has 4 rings (SSSR count). The minimum absolute atomic E-state index is 0.448. The van der Waals surface area contributed by atoms with Crippen LogP contribution in [0.5, 0.6) is 5.75 Å². The van der Waals surface area contributed by atoms with E-state index in [9.17, 15) is 5.21 Å². The highest BCUT2D eigenvalue weighted by Crippen LogP contribution is 2.26. The van der Waals surface area contributed by atoms with Gasteiger partial charge in [-0.25, -0.2) is 0 Å². The van der Waals surface area contributed by atoms with Crippen LogP contribution in [0.3, 0.4) is 0 Å². The molecular weight excluding hydrogens is 304 g/mol. The highest BCUT2D eigenvalue weighted by atomic mass is 16.5. The summed E-state index contributed by atoms with van der Waals surface area (Å²) < 4.78 is 11.2. The van der Waals surface area contributed by atoms with Gasteiger partial charge in [0.05, 0.1) is 7.11 Å². The number of hydrogen-bond donors (Lipinski definition) is 1. The molecule has 0 amide bonds. The van der Waals surface area contributed by atoms with Gasteiger partial charge in [-0.3, -0.25) is 4.98 Å². The van der Waals surface area contributed by atoms with Gasteiger partial charge in [0, 0.05) is 23.0 Å². The number of methoxy groups -OCH3 is 1. The van der Waals surface area contributed by atoms with Crippen molar-refractivity contribution in [1.82, 2.24) is 4.98 Å². The number of nitrogens with zero attached hydrogens (tertiary/aromatic N) is 2. The van der Waals surface area contributed by atoms with Crippen LogP contribution >= 0.6 is 0 Å². The van der Waals surface area contributed by atoms with Crippen molar-refractivity contribution in [2.75, 3.05) is 7.11 Å². The number of hydrogen-bond acceptors (Lipinski definition) is 5. The minimum atomic E-state index is 0.448. The van der Waals surface area contributed by atoms with Crippen LogP contribution in [-0.4, -0.2) is 17.3 Å². The summed E-state index contributed by atoms with van der Waals surface area (Å²) in [6.07, 6.45) is 1.77. The van der Waals surface area contributed by atoms with E-state index in [-0.39, 0.29) is 0 Å². The molecule has 0 unspecified atom stereocenters. The molecule has 0 aliphatic heterocycles. The number of pyridine rings is 1. The number of benzene rings is 2. The summed E-state index contributed by atoms with van der Waals surface area (Å²) in [5.74, 6) is 1.33. The van der Waals surface area contributed by atoms with Crippen LogP contribution in [0, 0.1) is 0 Å². The van der Waals surface area contributed by atoms with E-state index in [1.807, 2.05) is 48.5 Å². The molecule has 0 radical (unpaired) electrons. The van der Waals surface area contributed by atoms with Crippen LogP contribution in [-0.2, 0) is 0 Å². The van der Waals surface area contributed by atoms with E-state index in [1.54, 1.807) is 19.4 Å². The molecule has 5 heteroatoms. The van der Waals surface area contributed by atoms with Gasteiger partial charge >= 0.3 is 0 Å². The monoisotopic (exact) mass is 318 g/mol. The molecule has 0 saturated heterocycles. The molecule has 24 heavy (non-hydrogen) atoms. The summed E-state index contributed by atoms with van der Waals surface area (Å²) >= 11 is 0. The molecule has 1 N–H and O–H groups in total. The Balaban J connectivity index is 1.92. The fourth-order valence-corrected chi connectivity index (χ4v) is 2.71. The number of fused-ring (bicyclic) bond motifs is 2. The van der Waals surface area contributed by atoms with Crippen LogP contribution in [0.1, 0.15) is 0 Å². The average molecular weight is 318 g/mol. The first-order valence-electron chi connectivity index (χ1n) is 7.43. The van der Waals surface area contributed by atoms with Crippen LogP contribution in [0.2, 0.25) is 0 Å². The number of ether oxygens (including phenoxy) is 1. The zero-order valence-electron chi connectivity index (χ0n) is 12.9. The van der Waals surface area contributed by atoms with Gasteiger partial charge in [-0.15, -0.1) is 0 Å². The first kappa shape index (κ1) is 14.3. The Labute approximate surface area is 137 Å². The molecule has 0 aliphatic rings. The maximum Gasteiger partial charge on any atom is 0.155 e. The van der Waals surface area contributed by atoms with Crippen molar-refractivity contribution in [3.05, 3.63) is 66.2 Å². The zero-order valence-corrected chi connectivity index (χ0v) is 12.9. The van der Waals surface area contributed by atoms with E-state index in [4.69, 9.17) is 9.15 Å². The fourth-order valence-electron chi connectivity index (χ4n) is 2.71. The van der Waals surface area contributed by atoms with Crippen molar-refractivity contribution in [3.63, 3.8) is 0 Å². The lowest BCUT2D eigenvalue weighted by molar-refractivity contribution is 0.302. The molecule has 0 bridgehead atoms. The third kappa shape index (κ3) is 2.36. The maximum absolute atomic E-state index is 9.29. The summed E-state index contributed by atoms with van der Waals surface area (Å²) in [5, 5.41) is 15.8. The van der Waals surface area contributed by atoms with E-state index < -0.39 is 0 Å². The predicted octanol–water partition coefficient (Wildman–Crippen LogP) is 3.95. The van der Waals surface area contributed by atoms with E-state index in [0.29, 0.717) is 22.4 Å². The first-order valence-corrected chi connectivity index (χ1v) is 7.43. The van der Waals surface area contributed by atoms with Crippen molar-refractivity contribution >= 4 is 21.7 Å². The molecule has 0 atom stereocenters. The average Bonchev–Trinajstić information content (AvgIpc) is 2.66. The molecule has 0 spiro atoms. The zero-order chi connectivity index (χ0) is 16.5. The molecule has 0 aliphatic carbocycles. The van der Waals surface area contributed by atoms with Crippen molar-refractivity contribution in [2.24, 2.45) is 5.16 Å². The van der Waals surface area contributed by atoms with Crippen LogP contribution in [0.25, 0.3) is 33.2 Å². The largest absolute Gasteiger partial charge is 0.497 e. The molecule has 5 nitrogen and oxygen atoms in total. The molecule has 4 aromatic rings. The second-order valence-corrected chi connectivity index (χ2v) is 5.37. The van der Waals surface area contributed by atoms with Crippen LogP contribution in [0.4, 0.5) is 0 Å². The summed E-state index contributed by atoms with van der Waals surface area (Å²) in [4.78, 5) is 4.46. The fraction of sp³-hybridized carbons (Fsp3) is 0.0526. The van der Waals surface area contributed by atoms with E-state index in [1.165, 1.54) is 0 Å². The molecule has 0 fully saturated rings. The SMILES string of the molecule is COc1ccc2cc(-c3c/c(=N/O)c4ccccc4o3)ncc2c1. The van der Waals surface area contributed by atoms with Gasteiger partial charge in [-0.1, -0.05) is 23.4 Å². The second kappa shape index (κ2) is 5.70. The molecule has 2 aromatic carbocycles. The van der Waals surface area contributed by atoms with E-state index >= 15 is 0 Å². The standard InChI is InChI=1S/C19H14N2O3/c1-23-14-7-6-12-9-17(20-11-13(12)8-14)19-10-16(21-22)15-4-2-3-5-18(15)24-19/h2-11,22H,1H3/b21-16-. The van der Waals surface area contributed by atoms with E-state index in [2.05, 4.69) is 10.1 Å². The number of para-hydroxylation sites is 1. The maximum atomic E-state index is 9.29. The second-order valence-electron chi connectivity index (χ2n) is 5.37. The van der Waals surface area contributed by atoms with Gasteiger partial charge in [0.15, 0.2) is 5.76 Å². The summed E-state index contributed by atoms with van der Waals surface area (Å²) in [6.45, 7) is 0. The minimum Gasteiger partial charge on any atom is -0.497 e. The highest BCUT2D eigenvalue weighted by Gasteiger charge is 2.08. The van der Waals surface area contributed by atoms with Gasteiger partial charge < -0.3 is 14.4 Å². The molecule has 118 valence electrons. The van der Waals surface area contributed by atoms with Crippen LogP contribution in [0.15, 0.2) is 70.4 Å². The van der Waals surface area contributed by atoms with E-state index in [0.717, 1.165) is 21.9 Å². The Bertz CT molecular complexity index is 1120. The molecule has 0 saturated carbocycles. The molecular formula is C19H14N2O3. The third-order valence-corrected chi connectivity index (χ3v) is 3.94. The summed E-state index contributed by atoms with van der Waals surface area (Å²) in [5.41, 5.74) is 1.31. The highest BCUT2D eigenvalue weighted by molar-refractivity contribution is 5.86. The first-order chi connectivity index (χ1) is 11.8. The lowest BCUT2D eigenvalue weighted by atomic mass is 10.1. The van der Waals surface area contributed by atoms with Gasteiger partial charge in [0.2, 0.25) is 0 Å². The van der Waals surface area contributed by atoms with Gasteiger partial charge in [-0.05, 0) is 35.7 Å².